The number of aliphatic hydroxyl groups excluding tert-OH is 1. The number of benzene rings is 1. The lowest BCUT2D eigenvalue weighted by molar-refractivity contribution is 0.0625. The van der Waals surface area contributed by atoms with Gasteiger partial charge < -0.3 is 14.4 Å². The summed E-state index contributed by atoms with van der Waals surface area (Å²) in [5.74, 6) is 2.09. The van der Waals surface area contributed by atoms with E-state index in [1.165, 1.54) is 0 Å². The van der Waals surface area contributed by atoms with Gasteiger partial charge >= 0.3 is 0 Å². The Morgan fingerprint density at radius 2 is 2.16 bits per heavy atom. The monoisotopic (exact) mass is 260 g/mol. The zero-order valence-electron chi connectivity index (χ0n) is 10.7. The molecule has 0 saturated heterocycles. The van der Waals surface area contributed by atoms with Crippen LogP contribution in [0.25, 0.3) is 11.4 Å². The van der Waals surface area contributed by atoms with Crippen LogP contribution in [0, 0.1) is 0 Å². The lowest BCUT2D eigenvalue weighted by atomic mass is 9.82. The highest BCUT2D eigenvalue weighted by Gasteiger charge is 2.33. The van der Waals surface area contributed by atoms with Crippen LogP contribution < -0.4 is 4.74 Å². The van der Waals surface area contributed by atoms with Gasteiger partial charge in [0.1, 0.15) is 5.75 Å². The summed E-state index contributed by atoms with van der Waals surface area (Å²) in [5.41, 5.74) is 0.833. The number of para-hydroxylation sites is 1. The van der Waals surface area contributed by atoms with Gasteiger partial charge in [-0.3, -0.25) is 0 Å². The average molecular weight is 260 g/mol. The molecular formula is C14H16N2O3. The maximum atomic E-state index is 9.31. The van der Waals surface area contributed by atoms with Gasteiger partial charge in [0.15, 0.2) is 0 Å². The first kappa shape index (κ1) is 12.2. The van der Waals surface area contributed by atoms with Crippen molar-refractivity contribution >= 4 is 0 Å². The van der Waals surface area contributed by atoms with Gasteiger partial charge in [0, 0.05) is 5.92 Å². The van der Waals surface area contributed by atoms with Gasteiger partial charge in [0.2, 0.25) is 11.7 Å². The van der Waals surface area contributed by atoms with Crippen LogP contribution in [0.5, 0.6) is 5.75 Å². The molecule has 1 fully saturated rings. The Labute approximate surface area is 111 Å². The van der Waals surface area contributed by atoms with Crippen LogP contribution >= 0.6 is 0 Å². The summed E-state index contributed by atoms with van der Waals surface area (Å²) < 4.78 is 10.8. The van der Waals surface area contributed by atoms with Crippen molar-refractivity contribution in [2.24, 2.45) is 0 Å². The molecule has 100 valence electrons. The van der Waals surface area contributed by atoms with E-state index in [4.69, 9.17) is 9.26 Å². The molecule has 0 radical (unpaired) electrons. The van der Waals surface area contributed by atoms with Crippen molar-refractivity contribution in [2.75, 3.05) is 6.61 Å². The van der Waals surface area contributed by atoms with Crippen molar-refractivity contribution in [3.63, 3.8) is 0 Å². The van der Waals surface area contributed by atoms with Crippen LogP contribution in [0.4, 0.5) is 0 Å². The van der Waals surface area contributed by atoms with Crippen molar-refractivity contribution in [2.45, 2.75) is 31.8 Å². The van der Waals surface area contributed by atoms with Crippen LogP contribution in [0.1, 0.15) is 31.6 Å². The van der Waals surface area contributed by atoms with Crippen LogP contribution in [0.3, 0.4) is 0 Å². The number of aromatic nitrogens is 2. The second kappa shape index (κ2) is 5.01. The molecule has 0 amide bonds. The molecule has 0 atom stereocenters. The fourth-order valence-electron chi connectivity index (χ4n) is 2.23. The van der Waals surface area contributed by atoms with Crippen LogP contribution in [0.2, 0.25) is 0 Å². The maximum absolute atomic E-state index is 9.31. The van der Waals surface area contributed by atoms with Crippen LogP contribution in [-0.2, 0) is 0 Å². The number of rotatable bonds is 4. The summed E-state index contributed by atoms with van der Waals surface area (Å²) in [7, 11) is 0. The van der Waals surface area contributed by atoms with E-state index >= 15 is 0 Å². The molecule has 1 N–H and O–H groups in total. The summed E-state index contributed by atoms with van der Waals surface area (Å²) in [6.45, 7) is 2.53. The Hall–Kier alpha value is -1.88. The maximum Gasteiger partial charge on any atom is 0.230 e. The molecule has 1 aromatic carbocycles. The van der Waals surface area contributed by atoms with Crippen LogP contribution in [0.15, 0.2) is 28.8 Å². The quantitative estimate of drug-likeness (QED) is 0.914. The molecule has 2 aromatic rings. The minimum Gasteiger partial charge on any atom is -0.493 e. The SMILES string of the molecule is CCOc1ccccc1-c1noc(C2CC(O)C2)n1. The first-order valence-corrected chi connectivity index (χ1v) is 6.51. The minimum absolute atomic E-state index is 0.190. The van der Waals surface area contributed by atoms with Crippen molar-refractivity contribution < 1.29 is 14.4 Å². The molecular weight excluding hydrogens is 244 g/mol. The van der Waals surface area contributed by atoms with Gasteiger partial charge in [-0.05, 0) is 31.9 Å². The molecule has 0 aliphatic heterocycles. The molecule has 1 aromatic heterocycles. The van der Waals surface area contributed by atoms with Gasteiger partial charge in [-0.1, -0.05) is 17.3 Å². The fourth-order valence-corrected chi connectivity index (χ4v) is 2.23. The summed E-state index contributed by atoms with van der Waals surface area (Å²) in [6.07, 6.45) is 1.18. The molecule has 1 aliphatic rings. The molecule has 0 spiro atoms. The zero-order chi connectivity index (χ0) is 13.2. The van der Waals surface area contributed by atoms with Gasteiger partial charge in [0.25, 0.3) is 0 Å². The average Bonchev–Trinajstić information content (AvgIpc) is 2.85. The van der Waals surface area contributed by atoms with E-state index in [0.29, 0.717) is 31.2 Å². The standard InChI is InChI=1S/C14H16N2O3/c1-2-18-12-6-4-3-5-11(12)13-15-14(19-16-13)9-7-10(17)8-9/h3-6,9-10,17H,2,7-8H2,1H3. The van der Waals surface area contributed by atoms with Gasteiger partial charge in [-0.15, -0.1) is 0 Å². The van der Waals surface area contributed by atoms with E-state index < -0.39 is 0 Å². The topological polar surface area (TPSA) is 68.4 Å². The minimum atomic E-state index is -0.226. The fraction of sp³-hybridized carbons (Fsp3) is 0.429. The summed E-state index contributed by atoms with van der Waals surface area (Å²) in [4.78, 5) is 4.41. The third kappa shape index (κ3) is 2.33. The van der Waals surface area contributed by atoms with Crippen LogP contribution in [-0.4, -0.2) is 28.0 Å². The molecule has 19 heavy (non-hydrogen) atoms. The number of nitrogens with zero attached hydrogens (tertiary/aromatic N) is 2. The van der Waals surface area contributed by atoms with Gasteiger partial charge in [-0.2, -0.15) is 4.98 Å². The highest BCUT2D eigenvalue weighted by molar-refractivity contribution is 5.63. The van der Waals surface area contributed by atoms with E-state index in [1.54, 1.807) is 0 Å². The Balaban J connectivity index is 1.86. The highest BCUT2D eigenvalue weighted by atomic mass is 16.5. The third-order valence-electron chi connectivity index (χ3n) is 3.33. The van der Waals surface area contributed by atoms with E-state index in [-0.39, 0.29) is 12.0 Å². The number of ether oxygens (including phenoxy) is 1. The predicted molar refractivity (Wildman–Crippen MR) is 68.9 cm³/mol. The number of aliphatic hydroxyl groups is 1. The first-order valence-electron chi connectivity index (χ1n) is 6.51. The summed E-state index contributed by atoms with van der Waals surface area (Å²) >= 11 is 0. The van der Waals surface area contributed by atoms with E-state index in [2.05, 4.69) is 10.1 Å². The molecule has 0 unspecified atom stereocenters. The van der Waals surface area contributed by atoms with Crippen molar-refractivity contribution in [3.05, 3.63) is 30.2 Å². The Morgan fingerprint density at radius 1 is 1.37 bits per heavy atom. The molecule has 5 nitrogen and oxygen atoms in total. The zero-order valence-corrected chi connectivity index (χ0v) is 10.7. The summed E-state index contributed by atoms with van der Waals surface area (Å²) in [6, 6.07) is 7.63. The second-order valence-electron chi connectivity index (χ2n) is 4.71. The Kier molecular flexibility index (Phi) is 3.21. The smallest absolute Gasteiger partial charge is 0.230 e. The van der Waals surface area contributed by atoms with Gasteiger partial charge in [0.05, 0.1) is 18.3 Å². The molecule has 5 heteroatoms. The van der Waals surface area contributed by atoms with E-state index in [0.717, 1.165) is 11.3 Å². The molecule has 1 aliphatic carbocycles. The van der Waals surface area contributed by atoms with Crippen molar-refractivity contribution in [1.82, 2.24) is 10.1 Å². The first-order chi connectivity index (χ1) is 9.28. The lowest BCUT2D eigenvalue weighted by Crippen LogP contribution is -2.26. The number of hydrogen-bond acceptors (Lipinski definition) is 5. The molecule has 1 heterocycles. The Bertz CT molecular complexity index is 561. The summed E-state index contributed by atoms with van der Waals surface area (Å²) in [5, 5.41) is 13.3. The Morgan fingerprint density at radius 3 is 2.89 bits per heavy atom. The van der Waals surface area contributed by atoms with Crippen molar-refractivity contribution in [3.8, 4) is 17.1 Å². The molecule has 3 rings (SSSR count). The molecule has 0 bridgehead atoms. The lowest BCUT2D eigenvalue weighted by Gasteiger charge is -2.27. The van der Waals surface area contributed by atoms with E-state index in [1.807, 2.05) is 31.2 Å². The van der Waals surface area contributed by atoms with Crippen molar-refractivity contribution in [1.29, 1.82) is 0 Å². The van der Waals surface area contributed by atoms with E-state index in [9.17, 15) is 5.11 Å². The third-order valence-corrected chi connectivity index (χ3v) is 3.33. The largest absolute Gasteiger partial charge is 0.493 e. The highest BCUT2D eigenvalue weighted by Crippen LogP contribution is 2.37. The number of hydrogen-bond donors (Lipinski definition) is 1. The normalized spacial score (nSPS) is 22.0. The van der Waals surface area contributed by atoms with Gasteiger partial charge in [-0.25, -0.2) is 0 Å². The second-order valence-corrected chi connectivity index (χ2v) is 4.71. The predicted octanol–water partition coefficient (Wildman–Crippen LogP) is 2.37. The molecule has 1 saturated carbocycles.